The molecule has 0 heterocycles. The molecule has 22 heavy (non-hydrogen) atoms. The van der Waals surface area contributed by atoms with Crippen molar-refractivity contribution in [2.45, 2.75) is 66.2 Å². The topological polar surface area (TPSA) is 0 Å². The summed E-state index contributed by atoms with van der Waals surface area (Å²) in [6.45, 7) is 9.03. The highest BCUT2D eigenvalue weighted by molar-refractivity contribution is 5.72. The second-order valence-electron chi connectivity index (χ2n) is 6.40. The maximum absolute atomic E-state index is 2.34. The molecule has 2 aromatic carbocycles. The largest absolute Gasteiger partial charge is 0.0654 e. The smallest absolute Gasteiger partial charge is 0.0146 e. The summed E-state index contributed by atoms with van der Waals surface area (Å²) in [6, 6.07) is 13.6. The Morgan fingerprint density at radius 3 is 2.09 bits per heavy atom. The van der Waals surface area contributed by atoms with Gasteiger partial charge in [-0.25, -0.2) is 0 Å². The zero-order valence-corrected chi connectivity index (χ0v) is 14.7. The van der Waals surface area contributed by atoms with E-state index in [0.29, 0.717) is 0 Å². The van der Waals surface area contributed by atoms with Gasteiger partial charge in [0.05, 0.1) is 0 Å². The lowest BCUT2D eigenvalue weighted by atomic mass is 9.87. The van der Waals surface area contributed by atoms with E-state index < -0.39 is 0 Å². The molecule has 0 aliphatic rings. The molecule has 118 valence electrons. The highest BCUT2D eigenvalue weighted by atomic mass is 14.2. The van der Waals surface area contributed by atoms with E-state index in [1.807, 2.05) is 0 Å². The summed E-state index contributed by atoms with van der Waals surface area (Å²) in [4.78, 5) is 0. The average molecular weight is 294 g/mol. The molecule has 0 aliphatic heterocycles. The molecular formula is C22H30. The van der Waals surface area contributed by atoms with E-state index in [2.05, 4.69) is 64.1 Å². The van der Waals surface area contributed by atoms with E-state index in [4.69, 9.17) is 0 Å². The first-order chi connectivity index (χ1) is 10.7. The van der Waals surface area contributed by atoms with Crippen LogP contribution in [0.25, 0.3) is 11.1 Å². The fourth-order valence-electron chi connectivity index (χ4n) is 3.18. The standard InChI is InChI=1S/C22H30/c1-5-7-12-19-13-10-16-22(21(19)14-8-6-2)20-15-9-11-17(3)18(20)4/h9-11,13,15-16H,5-8,12,14H2,1-4H3. The van der Waals surface area contributed by atoms with Crippen LogP contribution in [0.5, 0.6) is 0 Å². The molecule has 0 bridgehead atoms. The van der Waals surface area contributed by atoms with E-state index >= 15 is 0 Å². The van der Waals surface area contributed by atoms with Gasteiger partial charge in [-0.1, -0.05) is 63.1 Å². The van der Waals surface area contributed by atoms with Gasteiger partial charge in [-0.05, 0) is 72.9 Å². The zero-order chi connectivity index (χ0) is 15.9. The van der Waals surface area contributed by atoms with E-state index in [1.54, 1.807) is 11.1 Å². The maximum Gasteiger partial charge on any atom is -0.0146 e. The summed E-state index contributed by atoms with van der Waals surface area (Å²) in [5.74, 6) is 0. The molecule has 0 radical (unpaired) electrons. The lowest BCUT2D eigenvalue weighted by Crippen LogP contribution is -2.00. The van der Waals surface area contributed by atoms with Crippen LogP contribution in [-0.4, -0.2) is 0 Å². The Morgan fingerprint density at radius 2 is 1.36 bits per heavy atom. The van der Waals surface area contributed by atoms with Gasteiger partial charge in [-0.2, -0.15) is 0 Å². The highest BCUT2D eigenvalue weighted by Crippen LogP contribution is 2.32. The van der Waals surface area contributed by atoms with Crippen LogP contribution in [0.1, 0.15) is 61.8 Å². The monoisotopic (exact) mass is 294 g/mol. The molecule has 0 aromatic heterocycles. The van der Waals surface area contributed by atoms with E-state index in [-0.39, 0.29) is 0 Å². The molecule has 2 rings (SSSR count). The van der Waals surface area contributed by atoms with Gasteiger partial charge in [0.1, 0.15) is 0 Å². The van der Waals surface area contributed by atoms with E-state index in [9.17, 15) is 0 Å². The third-order valence-corrected chi connectivity index (χ3v) is 4.75. The van der Waals surface area contributed by atoms with Gasteiger partial charge in [-0.3, -0.25) is 0 Å². The fourth-order valence-corrected chi connectivity index (χ4v) is 3.18. The van der Waals surface area contributed by atoms with Crippen LogP contribution in [0.2, 0.25) is 0 Å². The lowest BCUT2D eigenvalue weighted by molar-refractivity contribution is 0.759. The van der Waals surface area contributed by atoms with Crippen molar-refractivity contribution in [3.63, 3.8) is 0 Å². The Morgan fingerprint density at radius 1 is 0.727 bits per heavy atom. The van der Waals surface area contributed by atoms with Gasteiger partial charge in [0.15, 0.2) is 0 Å². The Hall–Kier alpha value is -1.56. The van der Waals surface area contributed by atoms with Crippen molar-refractivity contribution < 1.29 is 0 Å². The van der Waals surface area contributed by atoms with Crippen molar-refractivity contribution in [2.24, 2.45) is 0 Å². The van der Waals surface area contributed by atoms with Crippen molar-refractivity contribution in [3.05, 3.63) is 58.7 Å². The minimum atomic E-state index is 1.21. The predicted molar refractivity (Wildman–Crippen MR) is 98.6 cm³/mol. The van der Waals surface area contributed by atoms with Crippen LogP contribution < -0.4 is 0 Å². The van der Waals surface area contributed by atoms with Crippen molar-refractivity contribution in [3.8, 4) is 11.1 Å². The van der Waals surface area contributed by atoms with Crippen LogP contribution in [0, 0.1) is 13.8 Å². The van der Waals surface area contributed by atoms with Crippen LogP contribution in [-0.2, 0) is 12.8 Å². The summed E-state index contributed by atoms with van der Waals surface area (Å²) in [5, 5.41) is 0. The number of rotatable bonds is 7. The minimum absolute atomic E-state index is 1.21. The SMILES string of the molecule is CCCCc1cccc(-c2cccc(C)c2C)c1CCCC. The van der Waals surface area contributed by atoms with Gasteiger partial charge in [0.25, 0.3) is 0 Å². The summed E-state index contributed by atoms with van der Waals surface area (Å²) < 4.78 is 0. The number of hydrogen-bond donors (Lipinski definition) is 0. The predicted octanol–water partition coefficient (Wildman–Crippen LogP) is 6.66. The average Bonchev–Trinajstić information content (AvgIpc) is 2.54. The van der Waals surface area contributed by atoms with Gasteiger partial charge < -0.3 is 0 Å². The molecule has 0 saturated heterocycles. The van der Waals surface area contributed by atoms with Crippen LogP contribution in [0.3, 0.4) is 0 Å². The fraction of sp³-hybridized carbons (Fsp3) is 0.455. The Kier molecular flexibility index (Phi) is 6.24. The number of aryl methyl sites for hydroxylation is 2. The molecule has 0 unspecified atom stereocenters. The molecule has 0 N–H and O–H groups in total. The van der Waals surface area contributed by atoms with E-state index in [1.165, 1.54) is 60.8 Å². The molecule has 0 spiro atoms. The summed E-state index contributed by atoms with van der Waals surface area (Å²) >= 11 is 0. The quantitative estimate of drug-likeness (QED) is 0.536. The van der Waals surface area contributed by atoms with Crippen LogP contribution >= 0.6 is 0 Å². The number of benzene rings is 2. The first-order valence-electron chi connectivity index (χ1n) is 8.86. The van der Waals surface area contributed by atoms with Crippen molar-refractivity contribution in [1.29, 1.82) is 0 Å². The van der Waals surface area contributed by atoms with Gasteiger partial charge >= 0.3 is 0 Å². The molecule has 0 atom stereocenters. The van der Waals surface area contributed by atoms with Crippen molar-refractivity contribution >= 4 is 0 Å². The highest BCUT2D eigenvalue weighted by Gasteiger charge is 2.12. The first kappa shape index (κ1) is 16.8. The Balaban J connectivity index is 2.51. The molecule has 0 fully saturated rings. The minimum Gasteiger partial charge on any atom is -0.0654 e. The molecule has 0 nitrogen and oxygen atoms in total. The van der Waals surface area contributed by atoms with Crippen LogP contribution in [0.15, 0.2) is 36.4 Å². The van der Waals surface area contributed by atoms with Gasteiger partial charge in [0.2, 0.25) is 0 Å². The second kappa shape index (κ2) is 8.17. The zero-order valence-electron chi connectivity index (χ0n) is 14.7. The van der Waals surface area contributed by atoms with Crippen LogP contribution in [0.4, 0.5) is 0 Å². The normalized spacial score (nSPS) is 10.9. The summed E-state index contributed by atoms with van der Waals surface area (Å²) in [6.07, 6.45) is 7.51. The Bertz CT molecular complexity index is 607. The third-order valence-electron chi connectivity index (χ3n) is 4.75. The third kappa shape index (κ3) is 3.80. The molecule has 0 aliphatic carbocycles. The van der Waals surface area contributed by atoms with Crippen molar-refractivity contribution in [1.82, 2.24) is 0 Å². The molecule has 0 heteroatoms. The first-order valence-corrected chi connectivity index (χ1v) is 8.86. The van der Waals surface area contributed by atoms with Gasteiger partial charge in [-0.15, -0.1) is 0 Å². The molecule has 2 aromatic rings. The molecular weight excluding hydrogens is 264 g/mol. The van der Waals surface area contributed by atoms with E-state index in [0.717, 1.165) is 0 Å². The summed E-state index contributed by atoms with van der Waals surface area (Å²) in [5.41, 5.74) is 8.85. The lowest BCUT2D eigenvalue weighted by Gasteiger charge is -2.17. The number of unbranched alkanes of at least 4 members (excludes halogenated alkanes) is 2. The molecule has 0 saturated carbocycles. The number of hydrogen-bond acceptors (Lipinski definition) is 0. The Labute approximate surface area is 136 Å². The summed E-state index contributed by atoms with van der Waals surface area (Å²) in [7, 11) is 0. The molecule has 0 amide bonds. The van der Waals surface area contributed by atoms with Crippen molar-refractivity contribution in [2.75, 3.05) is 0 Å². The maximum atomic E-state index is 2.34. The second-order valence-corrected chi connectivity index (χ2v) is 6.40. The van der Waals surface area contributed by atoms with Gasteiger partial charge in [0, 0.05) is 0 Å².